The highest BCUT2D eigenvalue weighted by Gasteiger charge is 2.32. The molecule has 2 aromatic rings. The van der Waals surface area contributed by atoms with E-state index in [0.717, 1.165) is 22.4 Å². The third-order valence-electron chi connectivity index (χ3n) is 3.81. The molecule has 0 unspecified atom stereocenters. The van der Waals surface area contributed by atoms with Crippen molar-refractivity contribution in [2.45, 2.75) is 26.3 Å². The molecule has 0 spiro atoms. The summed E-state index contributed by atoms with van der Waals surface area (Å²) in [6.45, 7) is 4.07. The summed E-state index contributed by atoms with van der Waals surface area (Å²) in [4.78, 5) is 11.3. The second-order valence-electron chi connectivity index (χ2n) is 5.67. The van der Waals surface area contributed by atoms with Crippen LogP contribution >= 0.6 is 0 Å². The standard InChI is InChI=1S/C18H18N2O2/c1-12-8-13(2)10-15(9-12)20-17(11-16(19-20)18(21)22)14-6-4-3-5-7-14/h3-10,17H,11H2,1-2H3,(H,21,22)/t17-/m0/s1. The van der Waals surface area contributed by atoms with Crippen molar-refractivity contribution in [1.82, 2.24) is 0 Å². The van der Waals surface area contributed by atoms with Crippen molar-refractivity contribution < 1.29 is 9.90 Å². The van der Waals surface area contributed by atoms with Gasteiger partial charge in [0.25, 0.3) is 0 Å². The number of benzene rings is 2. The number of aliphatic carboxylic acids is 1. The van der Waals surface area contributed by atoms with Crippen molar-refractivity contribution in [2.75, 3.05) is 5.01 Å². The van der Waals surface area contributed by atoms with Gasteiger partial charge in [-0.3, -0.25) is 5.01 Å². The predicted molar refractivity (Wildman–Crippen MR) is 87.3 cm³/mol. The van der Waals surface area contributed by atoms with Gasteiger partial charge in [0.15, 0.2) is 0 Å². The molecule has 0 bridgehead atoms. The molecule has 112 valence electrons. The molecule has 1 atom stereocenters. The monoisotopic (exact) mass is 294 g/mol. The number of carboxylic acid groups (broad SMARTS) is 1. The third kappa shape index (κ3) is 2.72. The van der Waals surface area contributed by atoms with E-state index >= 15 is 0 Å². The third-order valence-corrected chi connectivity index (χ3v) is 3.81. The maximum atomic E-state index is 11.3. The molecule has 2 aromatic carbocycles. The Morgan fingerprint density at radius 1 is 1.14 bits per heavy atom. The molecule has 0 radical (unpaired) electrons. The maximum absolute atomic E-state index is 11.3. The van der Waals surface area contributed by atoms with Crippen molar-refractivity contribution in [3.05, 3.63) is 65.2 Å². The molecule has 0 fully saturated rings. The molecule has 3 rings (SSSR count). The van der Waals surface area contributed by atoms with Crippen molar-refractivity contribution in [2.24, 2.45) is 5.10 Å². The van der Waals surface area contributed by atoms with E-state index < -0.39 is 5.97 Å². The largest absolute Gasteiger partial charge is 0.477 e. The maximum Gasteiger partial charge on any atom is 0.352 e. The smallest absolute Gasteiger partial charge is 0.352 e. The first kappa shape index (κ1) is 14.3. The lowest BCUT2D eigenvalue weighted by Crippen LogP contribution is -2.18. The molecule has 1 heterocycles. The summed E-state index contributed by atoms with van der Waals surface area (Å²) in [6.07, 6.45) is 0.409. The van der Waals surface area contributed by atoms with Gasteiger partial charge in [0, 0.05) is 6.42 Å². The fraction of sp³-hybridized carbons (Fsp3) is 0.222. The van der Waals surface area contributed by atoms with Crippen LogP contribution in [0.2, 0.25) is 0 Å². The summed E-state index contributed by atoms with van der Waals surface area (Å²) in [5.74, 6) is -0.951. The number of hydrogen-bond donors (Lipinski definition) is 1. The predicted octanol–water partition coefficient (Wildman–Crippen LogP) is 3.70. The highest BCUT2D eigenvalue weighted by Crippen LogP contribution is 2.35. The van der Waals surface area contributed by atoms with Crippen LogP contribution in [0.25, 0.3) is 0 Å². The molecule has 4 nitrogen and oxygen atoms in total. The van der Waals surface area contributed by atoms with Crippen molar-refractivity contribution >= 4 is 17.4 Å². The van der Waals surface area contributed by atoms with Gasteiger partial charge in [-0.15, -0.1) is 0 Å². The van der Waals surface area contributed by atoms with Gasteiger partial charge in [0.05, 0.1) is 11.7 Å². The molecule has 0 saturated heterocycles. The van der Waals surface area contributed by atoms with E-state index in [-0.39, 0.29) is 11.8 Å². The van der Waals surface area contributed by atoms with Crippen LogP contribution in [-0.2, 0) is 4.79 Å². The van der Waals surface area contributed by atoms with Gasteiger partial charge < -0.3 is 5.11 Å². The molecule has 0 aliphatic carbocycles. The van der Waals surface area contributed by atoms with Gasteiger partial charge in [-0.25, -0.2) is 4.79 Å². The normalized spacial score (nSPS) is 17.5. The second-order valence-corrected chi connectivity index (χ2v) is 5.67. The molecule has 4 heteroatoms. The zero-order valence-corrected chi connectivity index (χ0v) is 12.7. The molecule has 0 aromatic heterocycles. The van der Waals surface area contributed by atoms with Crippen LogP contribution in [-0.4, -0.2) is 16.8 Å². The van der Waals surface area contributed by atoms with E-state index in [2.05, 4.69) is 11.2 Å². The van der Waals surface area contributed by atoms with Crippen LogP contribution in [0.4, 0.5) is 5.69 Å². The van der Waals surface area contributed by atoms with Crippen LogP contribution in [0, 0.1) is 13.8 Å². The summed E-state index contributed by atoms with van der Waals surface area (Å²) in [5, 5.41) is 15.5. The van der Waals surface area contributed by atoms with Gasteiger partial charge in [0.2, 0.25) is 0 Å². The average molecular weight is 294 g/mol. The van der Waals surface area contributed by atoms with Gasteiger partial charge >= 0.3 is 5.97 Å². The number of rotatable bonds is 3. The van der Waals surface area contributed by atoms with Gasteiger partial charge in [-0.2, -0.15) is 5.10 Å². The summed E-state index contributed by atoms with van der Waals surface area (Å²) >= 11 is 0. The number of hydrazone groups is 1. The molecule has 1 aliphatic rings. The average Bonchev–Trinajstić information content (AvgIpc) is 2.92. The highest BCUT2D eigenvalue weighted by atomic mass is 16.4. The second kappa shape index (κ2) is 5.64. The van der Waals surface area contributed by atoms with Crippen molar-refractivity contribution in [3.8, 4) is 0 Å². The Morgan fingerprint density at radius 3 is 2.36 bits per heavy atom. The Kier molecular flexibility index (Phi) is 3.67. The van der Waals surface area contributed by atoms with Crippen LogP contribution < -0.4 is 5.01 Å². The van der Waals surface area contributed by atoms with E-state index in [1.165, 1.54) is 0 Å². The van der Waals surface area contributed by atoms with Crippen LogP contribution in [0.15, 0.2) is 53.6 Å². The molecule has 22 heavy (non-hydrogen) atoms. The lowest BCUT2D eigenvalue weighted by atomic mass is 10.0. The Balaban J connectivity index is 2.05. The topological polar surface area (TPSA) is 52.9 Å². The molecular formula is C18H18N2O2. The van der Waals surface area contributed by atoms with Crippen LogP contribution in [0.5, 0.6) is 0 Å². The number of carboxylic acids is 1. The van der Waals surface area contributed by atoms with Gasteiger partial charge in [-0.05, 0) is 42.7 Å². The number of nitrogens with zero attached hydrogens (tertiary/aromatic N) is 2. The minimum atomic E-state index is -0.951. The first-order valence-electron chi connectivity index (χ1n) is 7.28. The molecule has 0 amide bonds. The summed E-state index contributed by atoms with van der Waals surface area (Å²) in [5.41, 5.74) is 4.49. The molecular weight excluding hydrogens is 276 g/mol. The Hall–Kier alpha value is -2.62. The SMILES string of the molecule is Cc1cc(C)cc(N2N=C(C(=O)O)C[C@H]2c2ccccc2)c1. The van der Waals surface area contributed by atoms with E-state index in [1.807, 2.05) is 61.3 Å². The fourth-order valence-electron chi connectivity index (χ4n) is 2.90. The first-order chi connectivity index (χ1) is 10.5. The number of carbonyl (C=O) groups is 1. The zero-order chi connectivity index (χ0) is 15.7. The Morgan fingerprint density at radius 2 is 1.77 bits per heavy atom. The van der Waals surface area contributed by atoms with Crippen molar-refractivity contribution in [1.29, 1.82) is 0 Å². The first-order valence-corrected chi connectivity index (χ1v) is 7.28. The van der Waals surface area contributed by atoms with Crippen molar-refractivity contribution in [3.63, 3.8) is 0 Å². The summed E-state index contributed by atoms with van der Waals surface area (Å²) in [7, 11) is 0. The van der Waals surface area contributed by atoms with Gasteiger partial charge in [0.1, 0.15) is 5.71 Å². The van der Waals surface area contributed by atoms with E-state index in [0.29, 0.717) is 6.42 Å². The summed E-state index contributed by atoms with van der Waals surface area (Å²) in [6, 6.07) is 16.0. The van der Waals surface area contributed by atoms with E-state index in [4.69, 9.17) is 0 Å². The number of hydrogen-bond acceptors (Lipinski definition) is 3. The zero-order valence-electron chi connectivity index (χ0n) is 12.7. The number of anilines is 1. The Bertz CT molecular complexity index is 718. The van der Waals surface area contributed by atoms with E-state index in [1.54, 1.807) is 0 Å². The molecule has 1 N–H and O–H groups in total. The lowest BCUT2D eigenvalue weighted by molar-refractivity contribution is -0.129. The molecule has 0 saturated carbocycles. The molecule has 1 aliphatic heterocycles. The highest BCUT2D eigenvalue weighted by molar-refractivity contribution is 6.36. The van der Waals surface area contributed by atoms with E-state index in [9.17, 15) is 9.90 Å². The minimum Gasteiger partial charge on any atom is -0.477 e. The lowest BCUT2D eigenvalue weighted by Gasteiger charge is -2.24. The minimum absolute atomic E-state index is 0.0755. The summed E-state index contributed by atoms with van der Waals surface area (Å²) < 4.78 is 0. The van der Waals surface area contributed by atoms with Gasteiger partial charge in [-0.1, -0.05) is 36.4 Å². The Labute approximate surface area is 129 Å². The quantitative estimate of drug-likeness (QED) is 0.939. The number of aryl methyl sites for hydroxylation is 2. The van der Waals surface area contributed by atoms with Crippen LogP contribution in [0.3, 0.4) is 0 Å². The fourth-order valence-corrected chi connectivity index (χ4v) is 2.90. The van der Waals surface area contributed by atoms with Crippen LogP contribution in [0.1, 0.15) is 29.2 Å².